The number of halogens is 2. The number of aromatic nitrogens is 3. The molecule has 1 aromatic heterocycles. The molecule has 0 aliphatic carbocycles. The van der Waals surface area contributed by atoms with Crippen LogP contribution in [0.1, 0.15) is 24.4 Å². The predicted molar refractivity (Wildman–Crippen MR) is 118 cm³/mol. The average molecular weight is 450 g/mol. The summed E-state index contributed by atoms with van der Waals surface area (Å²) in [5, 5.41) is 10.7. The Bertz CT molecular complexity index is 956. The maximum atomic E-state index is 6.28. The summed E-state index contributed by atoms with van der Waals surface area (Å²) in [5.74, 6) is 2.80. The first-order valence-corrected chi connectivity index (χ1v) is 10.7. The summed E-state index contributed by atoms with van der Waals surface area (Å²) in [6.07, 6.45) is 1.51. The van der Waals surface area contributed by atoms with Crippen molar-refractivity contribution in [2.75, 3.05) is 7.11 Å². The van der Waals surface area contributed by atoms with E-state index in [4.69, 9.17) is 32.7 Å². The minimum atomic E-state index is -0.297. The number of allylic oxidation sites excluding steroid dienone is 1. The van der Waals surface area contributed by atoms with Crippen LogP contribution in [0.2, 0.25) is 10.0 Å². The van der Waals surface area contributed by atoms with E-state index in [0.29, 0.717) is 28.2 Å². The predicted octanol–water partition coefficient (Wildman–Crippen LogP) is 6.21. The van der Waals surface area contributed by atoms with Gasteiger partial charge in [0.2, 0.25) is 0 Å². The van der Waals surface area contributed by atoms with Crippen LogP contribution in [0.15, 0.2) is 60.3 Å². The number of hydrogen-bond acceptors (Lipinski definition) is 5. The SMILES string of the molecule is C=CCn1c(SCc2c(Cl)cccc2Cl)nnc1C(C)Oc1ccc(OC)cc1. The summed E-state index contributed by atoms with van der Waals surface area (Å²) >= 11 is 14.1. The maximum Gasteiger partial charge on any atom is 0.191 e. The molecule has 1 heterocycles. The molecule has 3 aromatic rings. The first-order chi connectivity index (χ1) is 14.0. The second-order valence-corrected chi connectivity index (χ2v) is 7.92. The first kappa shape index (κ1) is 21.6. The van der Waals surface area contributed by atoms with Crippen LogP contribution in [0.3, 0.4) is 0 Å². The third kappa shape index (κ3) is 5.26. The van der Waals surface area contributed by atoms with Gasteiger partial charge in [0.25, 0.3) is 0 Å². The van der Waals surface area contributed by atoms with E-state index in [1.165, 1.54) is 11.8 Å². The van der Waals surface area contributed by atoms with E-state index in [1.54, 1.807) is 13.2 Å². The molecule has 0 amide bonds. The summed E-state index contributed by atoms with van der Waals surface area (Å²) in [7, 11) is 1.63. The molecule has 8 heteroatoms. The summed E-state index contributed by atoms with van der Waals surface area (Å²) in [6, 6.07) is 12.9. The molecule has 0 spiro atoms. The largest absolute Gasteiger partial charge is 0.497 e. The number of thioether (sulfide) groups is 1. The van der Waals surface area contributed by atoms with Gasteiger partial charge in [0.05, 0.1) is 7.11 Å². The molecule has 3 rings (SSSR count). The Balaban J connectivity index is 1.77. The fourth-order valence-corrected chi connectivity index (χ4v) is 4.42. The van der Waals surface area contributed by atoms with Gasteiger partial charge in [-0.05, 0) is 48.9 Å². The van der Waals surface area contributed by atoms with Gasteiger partial charge in [-0.15, -0.1) is 16.8 Å². The highest BCUT2D eigenvalue weighted by molar-refractivity contribution is 7.98. The van der Waals surface area contributed by atoms with Gasteiger partial charge in [-0.2, -0.15) is 0 Å². The van der Waals surface area contributed by atoms with E-state index < -0.39 is 0 Å². The highest BCUT2D eigenvalue weighted by Crippen LogP contribution is 2.32. The minimum Gasteiger partial charge on any atom is -0.497 e. The van der Waals surface area contributed by atoms with Crippen molar-refractivity contribution in [2.45, 2.75) is 30.5 Å². The molecule has 0 aliphatic heterocycles. The third-order valence-electron chi connectivity index (χ3n) is 4.20. The van der Waals surface area contributed by atoms with Gasteiger partial charge in [-0.25, -0.2) is 0 Å². The molecule has 1 atom stereocenters. The summed E-state index contributed by atoms with van der Waals surface area (Å²) in [6.45, 7) is 6.35. The second kappa shape index (κ2) is 10.1. The normalized spacial score (nSPS) is 11.9. The van der Waals surface area contributed by atoms with Crippen LogP contribution in [0.5, 0.6) is 11.5 Å². The number of ether oxygens (including phenoxy) is 2. The summed E-state index contributed by atoms with van der Waals surface area (Å²) in [4.78, 5) is 0. The molecule has 0 saturated carbocycles. The van der Waals surface area contributed by atoms with E-state index in [0.717, 1.165) is 22.2 Å². The molecular formula is C21H21Cl2N3O2S. The highest BCUT2D eigenvalue weighted by atomic mass is 35.5. The van der Waals surface area contributed by atoms with Crippen LogP contribution in [0.25, 0.3) is 0 Å². The molecule has 152 valence electrons. The number of hydrogen-bond donors (Lipinski definition) is 0. The van der Waals surface area contributed by atoms with Crippen molar-refractivity contribution in [1.82, 2.24) is 14.8 Å². The first-order valence-electron chi connectivity index (χ1n) is 8.94. The van der Waals surface area contributed by atoms with Crippen LogP contribution < -0.4 is 9.47 Å². The van der Waals surface area contributed by atoms with Crippen molar-refractivity contribution in [3.63, 3.8) is 0 Å². The molecule has 0 saturated heterocycles. The van der Waals surface area contributed by atoms with Crippen molar-refractivity contribution in [3.8, 4) is 11.5 Å². The summed E-state index contributed by atoms with van der Waals surface area (Å²) < 4.78 is 13.2. The fourth-order valence-electron chi connectivity index (χ4n) is 2.73. The van der Waals surface area contributed by atoms with Crippen molar-refractivity contribution in [1.29, 1.82) is 0 Å². The number of benzene rings is 2. The smallest absolute Gasteiger partial charge is 0.191 e. The number of methoxy groups -OCH3 is 1. The topological polar surface area (TPSA) is 49.2 Å². The van der Waals surface area contributed by atoms with Gasteiger partial charge in [0, 0.05) is 22.3 Å². The Labute approximate surface area is 184 Å². The quantitative estimate of drug-likeness (QED) is 0.287. The second-order valence-electron chi connectivity index (χ2n) is 6.16. The van der Waals surface area contributed by atoms with E-state index in [-0.39, 0.29) is 6.10 Å². The van der Waals surface area contributed by atoms with Gasteiger partial charge in [-0.1, -0.05) is 47.1 Å². The lowest BCUT2D eigenvalue weighted by atomic mass is 10.2. The van der Waals surface area contributed by atoms with Gasteiger partial charge < -0.3 is 9.47 Å². The Morgan fingerprint density at radius 2 is 1.76 bits per heavy atom. The van der Waals surface area contributed by atoms with Crippen LogP contribution in [-0.4, -0.2) is 21.9 Å². The van der Waals surface area contributed by atoms with Gasteiger partial charge in [0.15, 0.2) is 17.1 Å². The zero-order valence-electron chi connectivity index (χ0n) is 16.1. The molecular weight excluding hydrogens is 429 g/mol. The van der Waals surface area contributed by atoms with Gasteiger partial charge >= 0.3 is 0 Å². The van der Waals surface area contributed by atoms with Crippen molar-refractivity contribution >= 4 is 35.0 Å². The van der Waals surface area contributed by atoms with E-state index in [2.05, 4.69) is 16.8 Å². The molecule has 1 unspecified atom stereocenters. The third-order valence-corrected chi connectivity index (χ3v) is 5.90. The van der Waals surface area contributed by atoms with Crippen LogP contribution in [0, 0.1) is 0 Å². The van der Waals surface area contributed by atoms with Crippen molar-refractivity contribution in [3.05, 3.63) is 76.6 Å². The zero-order chi connectivity index (χ0) is 20.8. The van der Waals surface area contributed by atoms with Crippen LogP contribution in [0.4, 0.5) is 0 Å². The Hall–Kier alpha value is -2.15. The lowest BCUT2D eigenvalue weighted by molar-refractivity contribution is 0.210. The molecule has 0 fully saturated rings. The van der Waals surface area contributed by atoms with Crippen molar-refractivity contribution < 1.29 is 9.47 Å². The molecule has 0 N–H and O–H groups in total. The molecule has 29 heavy (non-hydrogen) atoms. The zero-order valence-corrected chi connectivity index (χ0v) is 18.5. The van der Waals surface area contributed by atoms with Crippen LogP contribution in [-0.2, 0) is 12.3 Å². The number of rotatable bonds is 9. The fraction of sp³-hybridized carbons (Fsp3) is 0.238. The van der Waals surface area contributed by atoms with Gasteiger partial charge in [-0.3, -0.25) is 4.57 Å². The van der Waals surface area contributed by atoms with E-state index in [1.807, 2.05) is 54.0 Å². The Morgan fingerprint density at radius 3 is 2.38 bits per heavy atom. The standard InChI is InChI=1S/C21H21Cl2N3O2S/c1-4-12-26-20(14(2)28-16-10-8-15(27-3)9-11-16)24-25-21(26)29-13-17-18(22)6-5-7-19(17)23/h4-11,14H,1,12-13H2,2-3H3. The molecule has 0 radical (unpaired) electrons. The van der Waals surface area contributed by atoms with Gasteiger partial charge in [0.1, 0.15) is 11.5 Å². The maximum absolute atomic E-state index is 6.28. The Kier molecular flexibility index (Phi) is 7.47. The lowest BCUT2D eigenvalue weighted by Gasteiger charge is -2.16. The number of nitrogens with zero attached hydrogens (tertiary/aromatic N) is 3. The molecule has 0 aliphatic rings. The van der Waals surface area contributed by atoms with E-state index >= 15 is 0 Å². The molecule has 5 nitrogen and oxygen atoms in total. The summed E-state index contributed by atoms with van der Waals surface area (Å²) in [5.41, 5.74) is 0.873. The van der Waals surface area contributed by atoms with E-state index in [9.17, 15) is 0 Å². The van der Waals surface area contributed by atoms with Crippen molar-refractivity contribution in [2.24, 2.45) is 0 Å². The average Bonchev–Trinajstić information content (AvgIpc) is 3.11. The Morgan fingerprint density at radius 1 is 1.10 bits per heavy atom. The minimum absolute atomic E-state index is 0.297. The molecule has 0 bridgehead atoms. The highest BCUT2D eigenvalue weighted by Gasteiger charge is 2.20. The lowest BCUT2D eigenvalue weighted by Crippen LogP contribution is -2.12. The molecule has 2 aromatic carbocycles. The van der Waals surface area contributed by atoms with Crippen LogP contribution >= 0.6 is 35.0 Å². The monoisotopic (exact) mass is 449 g/mol.